The maximum atomic E-state index is 11.0. The van der Waals surface area contributed by atoms with Gasteiger partial charge in [-0.3, -0.25) is 0 Å². The molecule has 0 aromatic heterocycles. The number of nitrogens with two attached hydrogens (primary N) is 1. The number of amides is 1. The third-order valence-electron chi connectivity index (χ3n) is 1.20. The van der Waals surface area contributed by atoms with Crippen LogP contribution in [0, 0.1) is 5.92 Å². The highest BCUT2D eigenvalue weighted by atomic mass is 16.6. The third-order valence-corrected chi connectivity index (χ3v) is 1.20. The fourth-order valence-corrected chi connectivity index (χ4v) is 0.537. The van der Waals surface area contributed by atoms with E-state index in [-0.39, 0.29) is 5.92 Å². The van der Waals surface area contributed by atoms with Crippen molar-refractivity contribution in [1.82, 2.24) is 0 Å². The molecule has 0 rings (SSSR count). The van der Waals surface area contributed by atoms with Crippen molar-refractivity contribution >= 4 is 12.3 Å². The van der Waals surface area contributed by atoms with Crippen molar-refractivity contribution in [1.29, 1.82) is 0 Å². The quantitative estimate of drug-likeness (QED) is 0.666. The van der Waals surface area contributed by atoms with Crippen molar-refractivity contribution in [2.24, 2.45) is 16.6 Å². The highest BCUT2D eigenvalue weighted by molar-refractivity contribution is 5.80. The second-order valence-electron chi connectivity index (χ2n) is 3.97. The normalized spacial score (nSPS) is 14.5. The van der Waals surface area contributed by atoms with Crippen LogP contribution in [-0.4, -0.2) is 24.5 Å². The average Bonchev–Trinajstić information content (AvgIpc) is 1.97. The number of hydrogen-bond acceptors (Lipinski definition) is 3. The fourth-order valence-electron chi connectivity index (χ4n) is 0.537. The Balaban J connectivity index is 3.95. The number of rotatable bonds is 2. The first-order valence-corrected chi connectivity index (χ1v) is 4.32. The Morgan fingerprint density at radius 3 is 2.54 bits per heavy atom. The van der Waals surface area contributed by atoms with Crippen LogP contribution >= 0.6 is 0 Å². The van der Waals surface area contributed by atoms with Crippen LogP contribution in [0.4, 0.5) is 4.79 Å². The molecule has 0 aliphatic carbocycles. The standard InChI is InChI=1S/C9H18N2O2/c1-7(5-10)6-11-8(12)13-9(2,3)4/h6-7H,5,10H2,1-4H3. The third kappa shape index (κ3) is 7.46. The van der Waals surface area contributed by atoms with Gasteiger partial charge in [-0.2, -0.15) is 4.99 Å². The molecule has 0 spiro atoms. The molecule has 4 heteroatoms. The summed E-state index contributed by atoms with van der Waals surface area (Å²) in [6, 6.07) is 0. The summed E-state index contributed by atoms with van der Waals surface area (Å²) in [4.78, 5) is 14.6. The van der Waals surface area contributed by atoms with Gasteiger partial charge in [-0.05, 0) is 27.3 Å². The first-order valence-electron chi connectivity index (χ1n) is 4.32. The van der Waals surface area contributed by atoms with Gasteiger partial charge >= 0.3 is 6.09 Å². The fraction of sp³-hybridized carbons (Fsp3) is 0.778. The lowest BCUT2D eigenvalue weighted by molar-refractivity contribution is 0.0604. The van der Waals surface area contributed by atoms with Crippen molar-refractivity contribution in [2.75, 3.05) is 6.54 Å². The monoisotopic (exact) mass is 186 g/mol. The van der Waals surface area contributed by atoms with Crippen molar-refractivity contribution in [3.63, 3.8) is 0 Å². The van der Waals surface area contributed by atoms with E-state index in [1.807, 2.05) is 6.92 Å². The molecule has 4 nitrogen and oxygen atoms in total. The zero-order chi connectivity index (χ0) is 10.5. The zero-order valence-corrected chi connectivity index (χ0v) is 8.70. The predicted molar refractivity (Wildman–Crippen MR) is 52.9 cm³/mol. The van der Waals surface area contributed by atoms with E-state index in [0.717, 1.165) is 0 Å². The van der Waals surface area contributed by atoms with Gasteiger partial charge in [0.1, 0.15) is 5.60 Å². The molecule has 1 amide bonds. The van der Waals surface area contributed by atoms with E-state index in [0.29, 0.717) is 6.54 Å². The summed E-state index contributed by atoms with van der Waals surface area (Å²) in [5.74, 6) is 0.104. The molecule has 13 heavy (non-hydrogen) atoms. The Labute approximate surface area is 79.2 Å². The molecule has 76 valence electrons. The molecule has 0 saturated carbocycles. The molecular weight excluding hydrogens is 168 g/mol. The lowest BCUT2D eigenvalue weighted by Crippen LogP contribution is -2.22. The summed E-state index contributed by atoms with van der Waals surface area (Å²) in [5, 5.41) is 0. The van der Waals surface area contributed by atoms with E-state index in [1.54, 1.807) is 20.8 Å². The SMILES string of the molecule is CC(C=NC(=O)OC(C)(C)C)CN. The molecule has 1 unspecified atom stereocenters. The van der Waals surface area contributed by atoms with Gasteiger partial charge in [-0.1, -0.05) is 6.92 Å². The molecule has 0 aliphatic heterocycles. The Morgan fingerprint density at radius 2 is 2.15 bits per heavy atom. The van der Waals surface area contributed by atoms with E-state index < -0.39 is 11.7 Å². The smallest absolute Gasteiger partial charge is 0.433 e. The minimum atomic E-state index is -0.562. The number of carbonyl (C=O) groups is 1. The predicted octanol–water partition coefficient (Wildman–Crippen LogP) is 1.59. The van der Waals surface area contributed by atoms with E-state index in [2.05, 4.69) is 4.99 Å². The Hall–Kier alpha value is -0.900. The van der Waals surface area contributed by atoms with E-state index >= 15 is 0 Å². The van der Waals surface area contributed by atoms with Crippen molar-refractivity contribution in [2.45, 2.75) is 33.3 Å². The molecule has 0 radical (unpaired) electrons. The summed E-state index contributed by atoms with van der Waals surface area (Å²) in [6.45, 7) is 7.76. The van der Waals surface area contributed by atoms with Gasteiger partial charge < -0.3 is 10.5 Å². The van der Waals surface area contributed by atoms with Crippen LogP contribution in [0.1, 0.15) is 27.7 Å². The second kappa shape index (κ2) is 4.97. The summed E-state index contributed by atoms with van der Waals surface area (Å²) in [5.41, 5.74) is 4.86. The van der Waals surface area contributed by atoms with Crippen molar-refractivity contribution < 1.29 is 9.53 Å². The molecule has 1 atom stereocenters. The van der Waals surface area contributed by atoms with Gasteiger partial charge in [0.05, 0.1) is 0 Å². The number of hydrogen-bond donors (Lipinski definition) is 1. The van der Waals surface area contributed by atoms with E-state index in [4.69, 9.17) is 10.5 Å². The Kier molecular flexibility index (Phi) is 4.62. The molecule has 0 bridgehead atoms. The molecule has 0 heterocycles. The minimum Gasteiger partial charge on any atom is -0.442 e. The zero-order valence-electron chi connectivity index (χ0n) is 8.70. The maximum Gasteiger partial charge on any atom is 0.433 e. The van der Waals surface area contributed by atoms with Crippen LogP contribution < -0.4 is 5.73 Å². The van der Waals surface area contributed by atoms with Gasteiger partial charge in [-0.15, -0.1) is 0 Å². The van der Waals surface area contributed by atoms with Crippen LogP contribution in [0.25, 0.3) is 0 Å². The second-order valence-corrected chi connectivity index (χ2v) is 3.97. The lowest BCUT2D eigenvalue weighted by atomic mass is 10.2. The van der Waals surface area contributed by atoms with E-state index in [9.17, 15) is 4.79 Å². The molecule has 0 aliphatic rings. The number of aliphatic imine (C=N–C) groups is 1. The first-order chi connectivity index (χ1) is 5.85. The van der Waals surface area contributed by atoms with Crippen LogP contribution in [0.3, 0.4) is 0 Å². The van der Waals surface area contributed by atoms with Gasteiger partial charge in [0.25, 0.3) is 0 Å². The van der Waals surface area contributed by atoms with Crippen molar-refractivity contribution in [3.05, 3.63) is 0 Å². The minimum absolute atomic E-state index is 0.104. The van der Waals surface area contributed by atoms with Crippen LogP contribution in [0.2, 0.25) is 0 Å². The Bertz CT molecular complexity index is 194. The summed E-state index contributed by atoms with van der Waals surface area (Å²) in [6.07, 6.45) is 0.946. The summed E-state index contributed by atoms with van der Waals surface area (Å²) >= 11 is 0. The summed E-state index contributed by atoms with van der Waals surface area (Å²) in [7, 11) is 0. The van der Waals surface area contributed by atoms with E-state index in [1.165, 1.54) is 6.21 Å². The maximum absolute atomic E-state index is 11.0. The Morgan fingerprint density at radius 1 is 1.62 bits per heavy atom. The van der Waals surface area contributed by atoms with Gasteiger partial charge in [0.15, 0.2) is 0 Å². The van der Waals surface area contributed by atoms with Crippen molar-refractivity contribution in [3.8, 4) is 0 Å². The largest absolute Gasteiger partial charge is 0.442 e. The molecule has 0 aromatic carbocycles. The van der Waals surface area contributed by atoms with Crippen LogP contribution in [0.15, 0.2) is 4.99 Å². The number of ether oxygens (including phenoxy) is 1. The van der Waals surface area contributed by atoms with Crippen LogP contribution in [0.5, 0.6) is 0 Å². The molecule has 0 saturated heterocycles. The molecular formula is C9H18N2O2. The average molecular weight is 186 g/mol. The van der Waals surface area contributed by atoms with Gasteiger partial charge in [0, 0.05) is 12.1 Å². The molecule has 2 N–H and O–H groups in total. The summed E-state index contributed by atoms with van der Waals surface area (Å²) < 4.78 is 4.95. The first kappa shape index (κ1) is 12.1. The number of carbonyl (C=O) groups excluding carboxylic acids is 1. The van der Waals surface area contributed by atoms with Crippen LogP contribution in [-0.2, 0) is 4.74 Å². The molecule has 0 aromatic rings. The highest BCUT2D eigenvalue weighted by Gasteiger charge is 2.14. The lowest BCUT2D eigenvalue weighted by Gasteiger charge is -2.17. The van der Waals surface area contributed by atoms with Gasteiger partial charge in [0.2, 0.25) is 0 Å². The number of nitrogens with zero attached hydrogens (tertiary/aromatic N) is 1. The highest BCUT2D eigenvalue weighted by Crippen LogP contribution is 2.07. The molecule has 0 fully saturated rings. The topological polar surface area (TPSA) is 64.7 Å². The van der Waals surface area contributed by atoms with Gasteiger partial charge in [-0.25, -0.2) is 4.79 Å².